The highest BCUT2D eigenvalue weighted by molar-refractivity contribution is 5.65. The third kappa shape index (κ3) is 3.49. The number of piperazine rings is 1. The number of benzene rings is 1. The van der Waals surface area contributed by atoms with Crippen molar-refractivity contribution in [2.75, 3.05) is 31.6 Å². The van der Waals surface area contributed by atoms with Gasteiger partial charge in [-0.05, 0) is 19.0 Å². The van der Waals surface area contributed by atoms with Gasteiger partial charge in [0, 0.05) is 38.3 Å². The van der Waals surface area contributed by atoms with Crippen LogP contribution in [0.2, 0.25) is 0 Å². The topological polar surface area (TPSA) is 87.7 Å². The zero-order valence-electron chi connectivity index (χ0n) is 12.6. The third-order valence-electron chi connectivity index (χ3n) is 4.12. The zero-order chi connectivity index (χ0) is 15.4. The van der Waals surface area contributed by atoms with Gasteiger partial charge in [-0.15, -0.1) is 0 Å². The van der Waals surface area contributed by atoms with Crippen molar-refractivity contribution >= 4 is 11.4 Å². The monoisotopic (exact) mass is 293 g/mol. The van der Waals surface area contributed by atoms with Crippen LogP contribution in [-0.4, -0.2) is 46.9 Å². The molecule has 7 heteroatoms. The fourth-order valence-corrected chi connectivity index (χ4v) is 2.96. The molecule has 1 aliphatic heterocycles. The molecule has 1 unspecified atom stereocenters. The largest absolute Gasteiger partial charge is 0.318 e. The molecule has 0 aromatic heterocycles. The Labute approximate surface area is 124 Å². The number of nitrogens with two attached hydrogens (primary N) is 1. The molecule has 1 saturated heterocycles. The van der Waals surface area contributed by atoms with Crippen LogP contribution in [-0.2, 0) is 6.54 Å². The second-order valence-electron chi connectivity index (χ2n) is 5.43. The van der Waals surface area contributed by atoms with Gasteiger partial charge in [0.25, 0.3) is 5.69 Å². The van der Waals surface area contributed by atoms with Crippen LogP contribution in [0.5, 0.6) is 0 Å². The van der Waals surface area contributed by atoms with E-state index in [9.17, 15) is 10.1 Å². The third-order valence-corrected chi connectivity index (χ3v) is 4.12. The molecule has 1 aromatic rings. The molecule has 1 atom stereocenters. The quantitative estimate of drug-likeness (QED) is 0.485. The fraction of sp³-hybridized carbons (Fsp3) is 0.571. The first kappa shape index (κ1) is 15.7. The Kier molecular flexibility index (Phi) is 5.11. The standard InChI is InChI=1S/C14H23N5O2/c1-3-18-8-7-17(9-11(18)2)10-12-5-4-6-13(19(20)21)14(12)16-15/h4-6,11,16H,3,7-10,15H2,1-2H3. The van der Waals surface area contributed by atoms with E-state index in [0.717, 1.165) is 31.7 Å². The Morgan fingerprint density at radius 2 is 2.24 bits per heavy atom. The smallest absolute Gasteiger partial charge is 0.293 e. The summed E-state index contributed by atoms with van der Waals surface area (Å²) in [4.78, 5) is 15.4. The molecule has 2 rings (SSSR count). The van der Waals surface area contributed by atoms with Crippen molar-refractivity contribution < 1.29 is 4.92 Å². The normalized spacial score (nSPS) is 20.4. The lowest BCUT2D eigenvalue weighted by Gasteiger charge is -2.39. The number of nitro groups is 1. The number of nitrogens with one attached hydrogen (secondary N) is 1. The first-order valence-corrected chi connectivity index (χ1v) is 7.26. The summed E-state index contributed by atoms with van der Waals surface area (Å²) in [7, 11) is 0. The summed E-state index contributed by atoms with van der Waals surface area (Å²) in [6, 6.07) is 5.56. The molecule has 0 radical (unpaired) electrons. The van der Waals surface area contributed by atoms with E-state index < -0.39 is 4.92 Å². The van der Waals surface area contributed by atoms with Crippen molar-refractivity contribution in [2.24, 2.45) is 5.84 Å². The number of likely N-dealkylation sites (N-methyl/N-ethyl adjacent to an activating group) is 1. The van der Waals surface area contributed by atoms with E-state index in [1.165, 1.54) is 6.07 Å². The van der Waals surface area contributed by atoms with Gasteiger partial charge in [-0.3, -0.25) is 25.8 Å². The molecule has 7 nitrogen and oxygen atoms in total. The molecule has 1 heterocycles. The van der Waals surface area contributed by atoms with Gasteiger partial charge in [0.2, 0.25) is 0 Å². The molecule has 116 valence electrons. The average molecular weight is 293 g/mol. The van der Waals surface area contributed by atoms with Crippen molar-refractivity contribution in [1.29, 1.82) is 0 Å². The maximum Gasteiger partial charge on any atom is 0.293 e. The number of hydrogen-bond donors (Lipinski definition) is 2. The summed E-state index contributed by atoms with van der Waals surface area (Å²) in [5.74, 6) is 5.48. The Morgan fingerprint density at radius 1 is 1.48 bits per heavy atom. The number of hydrazine groups is 1. The highest BCUT2D eigenvalue weighted by atomic mass is 16.6. The maximum atomic E-state index is 11.0. The molecule has 21 heavy (non-hydrogen) atoms. The molecular weight excluding hydrogens is 270 g/mol. The summed E-state index contributed by atoms with van der Waals surface area (Å²) in [5.41, 5.74) is 3.79. The lowest BCUT2D eigenvalue weighted by Crippen LogP contribution is -2.51. The Bertz CT molecular complexity index is 508. The molecule has 0 spiro atoms. The summed E-state index contributed by atoms with van der Waals surface area (Å²) in [6.45, 7) is 9.06. The molecule has 0 bridgehead atoms. The van der Waals surface area contributed by atoms with Crippen LogP contribution in [0, 0.1) is 10.1 Å². The number of anilines is 1. The molecular formula is C14H23N5O2. The molecule has 1 aliphatic rings. The minimum atomic E-state index is -0.406. The van der Waals surface area contributed by atoms with Gasteiger partial charge < -0.3 is 5.43 Å². The van der Waals surface area contributed by atoms with Crippen LogP contribution >= 0.6 is 0 Å². The number of para-hydroxylation sites is 1. The van der Waals surface area contributed by atoms with Gasteiger partial charge in [-0.25, -0.2) is 0 Å². The van der Waals surface area contributed by atoms with E-state index in [0.29, 0.717) is 18.3 Å². The minimum Gasteiger partial charge on any atom is -0.318 e. The van der Waals surface area contributed by atoms with Gasteiger partial charge in [0.1, 0.15) is 5.69 Å². The fourth-order valence-electron chi connectivity index (χ4n) is 2.96. The minimum absolute atomic E-state index is 0.0234. The number of hydrogen-bond acceptors (Lipinski definition) is 6. The van der Waals surface area contributed by atoms with Gasteiger partial charge in [0.15, 0.2) is 0 Å². The van der Waals surface area contributed by atoms with E-state index in [1.807, 2.05) is 6.07 Å². The second-order valence-corrected chi connectivity index (χ2v) is 5.43. The summed E-state index contributed by atoms with van der Waals surface area (Å²) in [5, 5.41) is 11.0. The number of rotatable bonds is 5. The molecule has 0 amide bonds. The van der Waals surface area contributed by atoms with Gasteiger partial charge in [0.05, 0.1) is 4.92 Å². The number of nitrogen functional groups attached to an aromatic ring is 1. The van der Waals surface area contributed by atoms with Crippen LogP contribution in [0.1, 0.15) is 19.4 Å². The molecule has 1 fully saturated rings. The van der Waals surface area contributed by atoms with Crippen LogP contribution in [0.4, 0.5) is 11.4 Å². The lowest BCUT2D eigenvalue weighted by atomic mass is 10.1. The Hall–Kier alpha value is -1.70. The van der Waals surface area contributed by atoms with Gasteiger partial charge >= 0.3 is 0 Å². The first-order chi connectivity index (χ1) is 10.1. The Morgan fingerprint density at radius 3 is 2.81 bits per heavy atom. The first-order valence-electron chi connectivity index (χ1n) is 7.26. The molecule has 3 N–H and O–H groups in total. The maximum absolute atomic E-state index is 11.0. The molecule has 0 saturated carbocycles. The predicted molar refractivity (Wildman–Crippen MR) is 82.9 cm³/mol. The number of nitro benzene ring substituents is 1. The van der Waals surface area contributed by atoms with Crippen molar-refractivity contribution in [3.05, 3.63) is 33.9 Å². The molecule has 0 aliphatic carbocycles. The van der Waals surface area contributed by atoms with E-state index in [2.05, 4.69) is 29.1 Å². The number of nitrogens with zero attached hydrogens (tertiary/aromatic N) is 3. The second kappa shape index (κ2) is 6.84. The highest BCUT2D eigenvalue weighted by Crippen LogP contribution is 2.28. The van der Waals surface area contributed by atoms with E-state index in [-0.39, 0.29) is 5.69 Å². The van der Waals surface area contributed by atoms with Crippen molar-refractivity contribution in [3.63, 3.8) is 0 Å². The summed E-state index contributed by atoms with van der Waals surface area (Å²) < 4.78 is 0. The zero-order valence-corrected chi connectivity index (χ0v) is 12.6. The van der Waals surface area contributed by atoms with Crippen LogP contribution in [0.25, 0.3) is 0 Å². The van der Waals surface area contributed by atoms with E-state index in [4.69, 9.17) is 5.84 Å². The molecule has 1 aromatic carbocycles. The van der Waals surface area contributed by atoms with Crippen LogP contribution < -0.4 is 11.3 Å². The average Bonchev–Trinajstić information content (AvgIpc) is 2.47. The van der Waals surface area contributed by atoms with Crippen molar-refractivity contribution in [3.8, 4) is 0 Å². The highest BCUT2D eigenvalue weighted by Gasteiger charge is 2.24. The van der Waals surface area contributed by atoms with Gasteiger partial charge in [-0.2, -0.15) is 0 Å². The SMILES string of the molecule is CCN1CCN(Cc2cccc([N+](=O)[O-])c2NN)CC1C. The van der Waals surface area contributed by atoms with E-state index >= 15 is 0 Å². The predicted octanol–water partition coefficient (Wildman–Crippen LogP) is 1.41. The lowest BCUT2D eigenvalue weighted by molar-refractivity contribution is -0.384. The summed E-state index contributed by atoms with van der Waals surface area (Å²) in [6.07, 6.45) is 0. The van der Waals surface area contributed by atoms with Crippen molar-refractivity contribution in [2.45, 2.75) is 26.4 Å². The van der Waals surface area contributed by atoms with Crippen LogP contribution in [0.15, 0.2) is 18.2 Å². The van der Waals surface area contributed by atoms with Gasteiger partial charge in [-0.1, -0.05) is 19.1 Å². The van der Waals surface area contributed by atoms with Crippen LogP contribution in [0.3, 0.4) is 0 Å². The summed E-state index contributed by atoms with van der Waals surface area (Å²) >= 11 is 0. The van der Waals surface area contributed by atoms with E-state index in [1.54, 1.807) is 6.07 Å². The van der Waals surface area contributed by atoms with Crippen molar-refractivity contribution in [1.82, 2.24) is 9.80 Å². The Balaban J connectivity index is 2.13.